The smallest absolute Gasteiger partial charge is 0.448 e. The molecule has 0 unspecified atom stereocenters. The van der Waals surface area contributed by atoms with Crippen LogP contribution in [0.3, 0.4) is 0 Å². The molecule has 0 radical (unpaired) electrons. The van der Waals surface area contributed by atoms with Gasteiger partial charge in [0, 0.05) is 6.42 Å². The lowest BCUT2D eigenvalue weighted by molar-refractivity contribution is 0.444. The van der Waals surface area contributed by atoms with Gasteiger partial charge < -0.3 is 17.5 Å². The van der Waals surface area contributed by atoms with Crippen molar-refractivity contribution in [1.82, 2.24) is 9.55 Å². The van der Waals surface area contributed by atoms with E-state index in [0.29, 0.717) is 23.3 Å². The van der Waals surface area contributed by atoms with E-state index < -0.39 is 13.4 Å². The second-order valence-electron chi connectivity index (χ2n) is 4.09. The first-order valence-electron chi connectivity index (χ1n) is 5.66. The quantitative estimate of drug-likeness (QED) is 0.750. The molecule has 0 atom stereocenters. The van der Waals surface area contributed by atoms with Gasteiger partial charge in [0.1, 0.15) is 5.82 Å². The van der Waals surface area contributed by atoms with Crippen LogP contribution in [0, 0.1) is 0 Å². The van der Waals surface area contributed by atoms with Crippen LogP contribution in [-0.2, 0) is 12.9 Å². The molecule has 1 heterocycles. The molecule has 2 rings (SSSR count). The SMILES string of the molecule is CCCc1nc2ccccc2n1C[B-](F)(F)F. The maximum atomic E-state index is 12.6. The first-order valence-corrected chi connectivity index (χ1v) is 5.66. The van der Waals surface area contributed by atoms with Gasteiger partial charge in [0.05, 0.1) is 11.0 Å². The minimum atomic E-state index is -4.85. The van der Waals surface area contributed by atoms with Gasteiger partial charge in [0.15, 0.2) is 0 Å². The fraction of sp³-hybridized carbons (Fsp3) is 0.364. The van der Waals surface area contributed by atoms with Crippen LogP contribution in [0.25, 0.3) is 11.0 Å². The predicted molar refractivity (Wildman–Crippen MR) is 62.8 cm³/mol. The summed E-state index contributed by atoms with van der Waals surface area (Å²) in [7, 11) is 0. The van der Waals surface area contributed by atoms with Crippen LogP contribution in [0.1, 0.15) is 19.2 Å². The van der Waals surface area contributed by atoms with Crippen molar-refractivity contribution >= 4 is 18.0 Å². The zero-order valence-corrected chi connectivity index (χ0v) is 9.54. The summed E-state index contributed by atoms with van der Waals surface area (Å²) in [6, 6.07) is 6.95. The number of benzene rings is 1. The Hall–Kier alpha value is -1.46. The largest absolute Gasteiger partial charge is 0.497 e. The molecule has 1 aromatic carbocycles. The average molecular weight is 241 g/mol. The maximum Gasteiger partial charge on any atom is 0.497 e. The highest BCUT2D eigenvalue weighted by Crippen LogP contribution is 2.21. The molecule has 0 spiro atoms. The van der Waals surface area contributed by atoms with Gasteiger partial charge in [-0.3, -0.25) is 0 Å². The fourth-order valence-electron chi connectivity index (χ4n) is 1.95. The van der Waals surface area contributed by atoms with E-state index in [9.17, 15) is 12.9 Å². The van der Waals surface area contributed by atoms with Gasteiger partial charge in [0.25, 0.3) is 0 Å². The second-order valence-corrected chi connectivity index (χ2v) is 4.09. The van der Waals surface area contributed by atoms with Crippen LogP contribution >= 0.6 is 0 Å². The fourth-order valence-corrected chi connectivity index (χ4v) is 1.95. The first kappa shape index (κ1) is 12.0. The molecule has 0 fully saturated rings. The molecule has 0 aliphatic carbocycles. The summed E-state index contributed by atoms with van der Waals surface area (Å²) in [5, 5.41) is 0. The molecule has 0 bridgehead atoms. The zero-order chi connectivity index (χ0) is 12.5. The third-order valence-corrected chi connectivity index (χ3v) is 2.60. The van der Waals surface area contributed by atoms with E-state index in [0.717, 1.165) is 6.42 Å². The van der Waals surface area contributed by atoms with Crippen molar-refractivity contribution < 1.29 is 12.9 Å². The highest BCUT2D eigenvalue weighted by molar-refractivity contribution is 6.57. The van der Waals surface area contributed by atoms with Gasteiger partial charge in [-0.2, -0.15) is 0 Å². The average Bonchev–Trinajstić information content (AvgIpc) is 2.56. The Morgan fingerprint density at radius 3 is 2.59 bits per heavy atom. The lowest BCUT2D eigenvalue weighted by atomic mass is 9.92. The number of nitrogens with zero attached hydrogens (tertiary/aromatic N) is 2. The van der Waals surface area contributed by atoms with Gasteiger partial charge in [-0.25, -0.2) is 4.98 Å². The Bertz CT molecular complexity index is 519. The molecule has 2 aromatic rings. The highest BCUT2D eigenvalue weighted by Gasteiger charge is 2.25. The number of fused-ring (bicyclic) bond motifs is 1. The summed E-state index contributed by atoms with van der Waals surface area (Å²) in [5.41, 5.74) is 1.20. The van der Waals surface area contributed by atoms with Crippen LogP contribution in [0.15, 0.2) is 24.3 Å². The van der Waals surface area contributed by atoms with Crippen molar-refractivity contribution in [1.29, 1.82) is 0 Å². The number of halogens is 3. The normalized spacial score (nSPS) is 12.2. The lowest BCUT2D eigenvalue weighted by Crippen LogP contribution is -2.25. The molecule has 0 aliphatic heterocycles. The molecule has 0 amide bonds. The van der Waals surface area contributed by atoms with Crippen molar-refractivity contribution in [2.24, 2.45) is 0 Å². The molecular weight excluding hydrogens is 228 g/mol. The van der Waals surface area contributed by atoms with Crippen LogP contribution < -0.4 is 0 Å². The van der Waals surface area contributed by atoms with Gasteiger partial charge in [-0.1, -0.05) is 19.1 Å². The van der Waals surface area contributed by atoms with E-state index in [1.165, 1.54) is 4.57 Å². The number of rotatable bonds is 4. The number of hydrogen-bond acceptors (Lipinski definition) is 1. The summed E-state index contributed by atoms with van der Waals surface area (Å²) in [5.74, 6) is 0.521. The zero-order valence-electron chi connectivity index (χ0n) is 9.54. The minimum Gasteiger partial charge on any atom is -0.448 e. The molecule has 0 N–H and O–H groups in total. The Morgan fingerprint density at radius 2 is 1.94 bits per heavy atom. The Morgan fingerprint density at radius 1 is 1.24 bits per heavy atom. The molecule has 2 nitrogen and oxygen atoms in total. The molecular formula is C11H13BF3N2-. The summed E-state index contributed by atoms with van der Waals surface area (Å²) >= 11 is 0. The molecule has 0 aliphatic rings. The standard InChI is InChI=1S/C11H13BF3N2/c1-2-5-11-16-9-6-3-4-7-10(9)17(11)8-12(13,14)15/h3-4,6-7H,2,5,8H2,1H3/q-1. The number of hydrogen-bond donors (Lipinski definition) is 0. The molecule has 92 valence electrons. The van der Waals surface area contributed by atoms with Gasteiger partial charge in [0.2, 0.25) is 0 Å². The Labute approximate surface area is 97.5 Å². The number of aromatic nitrogens is 2. The molecule has 0 saturated heterocycles. The van der Waals surface area contributed by atoms with E-state index in [-0.39, 0.29) is 0 Å². The van der Waals surface area contributed by atoms with Crippen molar-refractivity contribution in [3.8, 4) is 0 Å². The highest BCUT2D eigenvalue weighted by atomic mass is 19.4. The van der Waals surface area contributed by atoms with Crippen molar-refractivity contribution in [3.63, 3.8) is 0 Å². The van der Waals surface area contributed by atoms with Crippen molar-refractivity contribution in [3.05, 3.63) is 30.1 Å². The van der Waals surface area contributed by atoms with Gasteiger partial charge in [-0.05, 0) is 25.0 Å². The third kappa shape index (κ3) is 2.62. The van der Waals surface area contributed by atoms with Crippen LogP contribution in [-0.4, -0.2) is 16.5 Å². The molecule has 17 heavy (non-hydrogen) atoms. The summed E-state index contributed by atoms with van der Waals surface area (Å²) in [6.07, 6.45) is 0.449. The van der Waals surface area contributed by atoms with E-state index in [1.54, 1.807) is 24.3 Å². The second kappa shape index (κ2) is 4.43. The third-order valence-electron chi connectivity index (χ3n) is 2.60. The van der Waals surface area contributed by atoms with Crippen LogP contribution in [0.5, 0.6) is 0 Å². The van der Waals surface area contributed by atoms with E-state index >= 15 is 0 Å². The van der Waals surface area contributed by atoms with Crippen LogP contribution in [0.4, 0.5) is 12.9 Å². The summed E-state index contributed by atoms with van der Waals surface area (Å²) in [4.78, 5) is 4.26. The predicted octanol–water partition coefficient (Wildman–Crippen LogP) is 3.38. The van der Waals surface area contributed by atoms with Gasteiger partial charge in [-0.15, -0.1) is 0 Å². The molecule has 6 heteroatoms. The van der Waals surface area contributed by atoms with Crippen LogP contribution in [0.2, 0.25) is 0 Å². The minimum absolute atomic E-state index is 0.521. The summed E-state index contributed by atoms with van der Waals surface area (Å²) < 4.78 is 39.0. The number of imidazole rings is 1. The topological polar surface area (TPSA) is 17.8 Å². The number of para-hydroxylation sites is 2. The molecule has 0 saturated carbocycles. The summed E-state index contributed by atoms with van der Waals surface area (Å²) in [6.45, 7) is -2.91. The monoisotopic (exact) mass is 241 g/mol. The van der Waals surface area contributed by atoms with Crippen molar-refractivity contribution in [2.75, 3.05) is 0 Å². The maximum absolute atomic E-state index is 12.6. The van der Waals surface area contributed by atoms with E-state index in [4.69, 9.17) is 0 Å². The van der Waals surface area contributed by atoms with E-state index in [2.05, 4.69) is 4.98 Å². The van der Waals surface area contributed by atoms with E-state index in [1.807, 2.05) is 6.92 Å². The van der Waals surface area contributed by atoms with Gasteiger partial charge >= 0.3 is 6.98 Å². The number of aryl methyl sites for hydroxylation is 1. The molecule has 1 aromatic heterocycles. The Balaban J connectivity index is 2.51. The van der Waals surface area contributed by atoms with Crippen molar-refractivity contribution in [2.45, 2.75) is 26.2 Å². The lowest BCUT2D eigenvalue weighted by Gasteiger charge is -2.17. The first-order chi connectivity index (χ1) is 8.01. The Kier molecular flexibility index (Phi) is 3.13.